The molecule has 2 aromatic carbocycles. The van der Waals surface area contributed by atoms with Gasteiger partial charge in [-0.2, -0.15) is 0 Å². The van der Waals surface area contributed by atoms with Crippen LogP contribution in [0.5, 0.6) is 11.5 Å². The van der Waals surface area contributed by atoms with E-state index < -0.39 is 0 Å². The third-order valence-electron chi connectivity index (χ3n) is 5.06. The highest BCUT2D eigenvalue weighted by atomic mass is 79.9. The molecule has 0 aliphatic carbocycles. The lowest BCUT2D eigenvalue weighted by atomic mass is 9.91. The summed E-state index contributed by atoms with van der Waals surface area (Å²) in [4.78, 5) is 12.6. The van der Waals surface area contributed by atoms with Crippen LogP contribution in [0.15, 0.2) is 36.4 Å². The Morgan fingerprint density at radius 2 is 1.77 bits per heavy atom. The Bertz CT molecular complexity index is 908. The standard InChI is InChI=1S/C20H20N2O3.BrH/c1-12-20(23)21-16-7-5-4-6-14(16)19-15-11-18(25-3)17(24-2)10-13(15)8-9-22(12)19;/h4-7,10-12H,8-9H2,1-3H3;1H. The second kappa shape index (κ2) is 7.11. The van der Waals surface area contributed by atoms with Gasteiger partial charge in [0, 0.05) is 13.3 Å². The third kappa shape index (κ3) is 2.78. The molecule has 0 saturated carbocycles. The molecule has 0 fully saturated rings. The Labute approximate surface area is 163 Å². The quantitative estimate of drug-likeness (QED) is 0.668. The Morgan fingerprint density at radius 3 is 2.50 bits per heavy atom. The van der Waals surface area contributed by atoms with Gasteiger partial charge in [0.05, 0.1) is 31.0 Å². The first-order chi connectivity index (χ1) is 12.1. The SMILES string of the molecule is COc1cc2c(cc1OC)C1=[N+](CC2)C(C)C(=O)Nc2ccccc21.[Br-]. The Balaban J connectivity index is 0.00000196. The highest BCUT2D eigenvalue weighted by Crippen LogP contribution is 2.35. The molecule has 0 saturated heterocycles. The van der Waals surface area contributed by atoms with E-state index in [0.717, 1.165) is 41.2 Å². The van der Waals surface area contributed by atoms with E-state index in [2.05, 4.69) is 16.0 Å². The Kier molecular flexibility index (Phi) is 5.05. The van der Waals surface area contributed by atoms with Gasteiger partial charge in [-0.25, -0.2) is 4.58 Å². The number of rotatable bonds is 2. The molecule has 1 amide bonds. The fourth-order valence-corrected chi connectivity index (χ4v) is 3.72. The number of methoxy groups -OCH3 is 2. The van der Waals surface area contributed by atoms with Crippen molar-refractivity contribution in [3.63, 3.8) is 0 Å². The first-order valence-corrected chi connectivity index (χ1v) is 8.43. The van der Waals surface area contributed by atoms with Crippen LogP contribution in [0.1, 0.15) is 23.6 Å². The molecule has 4 rings (SSSR count). The van der Waals surface area contributed by atoms with Crippen molar-refractivity contribution in [1.29, 1.82) is 0 Å². The van der Waals surface area contributed by atoms with Crippen molar-refractivity contribution in [2.45, 2.75) is 19.4 Å². The van der Waals surface area contributed by atoms with Gasteiger partial charge in [0.1, 0.15) is 6.54 Å². The summed E-state index contributed by atoms with van der Waals surface area (Å²) in [6.07, 6.45) is 0.860. The van der Waals surface area contributed by atoms with Gasteiger partial charge in [-0.15, -0.1) is 0 Å². The minimum absolute atomic E-state index is 0. The number of fused-ring (bicyclic) bond motifs is 4. The molecule has 136 valence electrons. The zero-order valence-corrected chi connectivity index (χ0v) is 16.6. The van der Waals surface area contributed by atoms with Crippen molar-refractivity contribution in [1.82, 2.24) is 0 Å². The van der Waals surface area contributed by atoms with Gasteiger partial charge in [0.2, 0.25) is 11.8 Å². The predicted molar refractivity (Wildman–Crippen MR) is 96.1 cm³/mol. The molecule has 2 aromatic rings. The fourth-order valence-electron chi connectivity index (χ4n) is 3.72. The number of benzene rings is 2. The van der Waals surface area contributed by atoms with Crippen LogP contribution in [0.3, 0.4) is 0 Å². The highest BCUT2D eigenvalue weighted by Gasteiger charge is 2.38. The number of hydrogen-bond donors (Lipinski definition) is 1. The summed E-state index contributed by atoms with van der Waals surface area (Å²) in [5.74, 6) is 1.45. The van der Waals surface area contributed by atoms with E-state index >= 15 is 0 Å². The van der Waals surface area contributed by atoms with Gasteiger partial charge >= 0.3 is 0 Å². The van der Waals surface area contributed by atoms with E-state index in [1.165, 1.54) is 5.56 Å². The molecule has 1 atom stereocenters. The van der Waals surface area contributed by atoms with E-state index in [4.69, 9.17) is 9.47 Å². The van der Waals surface area contributed by atoms with Gasteiger partial charge in [0.15, 0.2) is 11.5 Å². The minimum Gasteiger partial charge on any atom is -1.00 e. The molecule has 2 aliphatic heterocycles. The monoisotopic (exact) mass is 416 g/mol. The summed E-state index contributed by atoms with van der Waals surface area (Å²) in [6.45, 7) is 2.74. The summed E-state index contributed by atoms with van der Waals surface area (Å²) in [5.41, 5.74) is 5.26. The van der Waals surface area contributed by atoms with Crippen LogP contribution >= 0.6 is 0 Å². The number of nitrogens with one attached hydrogen (secondary N) is 1. The highest BCUT2D eigenvalue weighted by molar-refractivity contribution is 6.17. The van der Waals surface area contributed by atoms with E-state index in [-0.39, 0.29) is 28.9 Å². The number of para-hydroxylation sites is 1. The Hall–Kier alpha value is -2.34. The molecule has 6 heteroatoms. The first-order valence-electron chi connectivity index (χ1n) is 8.43. The number of anilines is 1. The molecule has 0 bridgehead atoms. The second-order valence-electron chi connectivity index (χ2n) is 6.37. The summed E-state index contributed by atoms with van der Waals surface area (Å²) in [5, 5.41) is 3.05. The van der Waals surface area contributed by atoms with Gasteiger partial charge in [-0.1, -0.05) is 12.1 Å². The molecule has 0 aromatic heterocycles. The topological polar surface area (TPSA) is 50.6 Å². The van der Waals surface area contributed by atoms with Crippen LogP contribution in [0, 0.1) is 0 Å². The minimum atomic E-state index is -0.233. The summed E-state index contributed by atoms with van der Waals surface area (Å²) >= 11 is 0. The molecule has 0 spiro atoms. The van der Waals surface area contributed by atoms with Crippen molar-refractivity contribution < 1.29 is 35.8 Å². The van der Waals surface area contributed by atoms with E-state index in [9.17, 15) is 4.79 Å². The maximum absolute atomic E-state index is 12.6. The normalized spacial score (nSPS) is 17.8. The Morgan fingerprint density at radius 1 is 1.08 bits per heavy atom. The number of nitrogens with zero attached hydrogens (tertiary/aromatic N) is 1. The number of amides is 1. The average Bonchev–Trinajstić information content (AvgIpc) is 2.75. The summed E-state index contributed by atoms with van der Waals surface area (Å²) in [7, 11) is 3.29. The molecule has 26 heavy (non-hydrogen) atoms. The third-order valence-corrected chi connectivity index (χ3v) is 5.06. The van der Waals surface area contributed by atoms with Crippen LogP contribution < -0.4 is 31.8 Å². The fraction of sp³-hybridized carbons (Fsp3) is 0.300. The van der Waals surface area contributed by atoms with Crippen LogP contribution in [0.4, 0.5) is 5.69 Å². The first kappa shape index (κ1) is 18.5. The van der Waals surface area contributed by atoms with Gasteiger partial charge < -0.3 is 31.8 Å². The van der Waals surface area contributed by atoms with Gasteiger partial charge in [-0.05, 0) is 29.8 Å². The van der Waals surface area contributed by atoms with E-state index in [1.807, 2.05) is 37.3 Å². The number of hydrogen-bond acceptors (Lipinski definition) is 3. The van der Waals surface area contributed by atoms with Crippen LogP contribution in [-0.2, 0) is 11.2 Å². The predicted octanol–water partition coefficient (Wildman–Crippen LogP) is -0.546. The maximum Gasteiger partial charge on any atom is 0.292 e. The molecule has 1 N–H and O–H groups in total. The molecular formula is C20H21BrN2O3. The molecule has 5 nitrogen and oxygen atoms in total. The zero-order valence-electron chi connectivity index (χ0n) is 15.0. The van der Waals surface area contributed by atoms with Crippen LogP contribution in [0.2, 0.25) is 0 Å². The number of carbonyl (C=O) groups is 1. The van der Waals surface area contributed by atoms with Crippen molar-refractivity contribution in [2.75, 3.05) is 26.1 Å². The lowest BCUT2D eigenvalue weighted by molar-refractivity contribution is -0.548. The van der Waals surface area contributed by atoms with Crippen LogP contribution in [-0.4, -0.2) is 43.0 Å². The molecule has 2 heterocycles. The number of halogens is 1. The largest absolute Gasteiger partial charge is 1.00 e. The average molecular weight is 417 g/mol. The maximum atomic E-state index is 12.6. The summed E-state index contributed by atoms with van der Waals surface area (Å²) < 4.78 is 13.2. The number of carbonyl (C=O) groups excluding carboxylic acids is 1. The molecule has 0 radical (unpaired) electrons. The summed E-state index contributed by atoms with van der Waals surface area (Å²) in [6, 6.07) is 11.8. The van der Waals surface area contributed by atoms with Crippen molar-refractivity contribution in [3.8, 4) is 11.5 Å². The van der Waals surface area contributed by atoms with Crippen molar-refractivity contribution in [3.05, 3.63) is 53.1 Å². The van der Waals surface area contributed by atoms with Gasteiger partial charge in [0.25, 0.3) is 5.91 Å². The zero-order chi connectivity index (χ0) is 17.6. The number of ether oxygens (including phenoxy) is 2. The van der Waals surface area contributed by atoms with Crippen molar-refractivity contribution in [2.24, 2.45) is 0 Å². The van der Waals surface area contributed by atoms with E-state index in [0.29, 0.717) is 5.75 Å². The molecule has 1 unspecified atom stereocenters. The van der Waals surface area contributed by atoms with E-state index in [1.54, 1.807) is 14.2 Å². The van der Waals surface area contributed by atoms with Gasteiger partial charge in [-0.3, -0.25) is 4.79 Å². The second-order valence-corrected chi connectivity index (χ2v) is 6.37. The molecule has 2 aliphatic rings. The van der Waals surface area contributed by atoms with Crippen LogP contribution in [0.25, 0.3) is 0 Å². The smallest absolute Gasteiger partial charge is 0.292 e. The lowest BCUT2D eigenvalue weighted by Gasteiger charge is -2.21. The van der Waals surface area contributed by atoms with Crippen molar-refractivity contribution >= 4 is 17.3 Å². The lowest BCUT2D eigenvalue weighted by Crippen LogP contribution is -3.00. The molecular weight excluding hydrogens is 396 g/mol.